The van der Waals surface area contributed by atoms with Gasteiger partial charge in [-0.25, -0.2) is 0 Å². The lowest BCUT2D eigenvalue weighted by atomic mass is 9.81. The van der Waals surface area contributed by atoms with E-state index in [1.807, 2.05) is 0 Å². The summed E-state index contributed by atoms with van der Waals surface area (Å²) in [6.45, 7) is 0. The van der Waals surface area contributed by atoms with Crippen LogP contribution in [0.2, 0.25) is 0 Å². The van der Waals surface area contributed by atoms with Crippen LogP contribution in [0.4, 0.5) is 0 Å². The maximum absolute atomic E-state index is 12.9. The van der Waals surface area contributed by atoms with Crippen LogP contribution < -0.4 is 0 Å². The van der Waals surface area contributed by atoms with Gasteiger partial charge in [-0.05, 0) is 128 Å². The Labute approximate surface area is 281 Å². The molecule has 5 fully saturated rings. The molecule has 268 valence electrons. The minimum atomic E-state index is -0.797. The molecule has 0 spiro atoms. The number of aliphatic carboxylic acids is 2. The molecular weight excluding hydrogens is 624 g/mol. The van der Waals surface area contributed by atoms with Crippen LogP contribution in [0.1, 0.15) is 128 Å². The van der Waals surface area contributed by atoms with Gasteiger partial charge >= 0.3 is 35.8 Å². The number of esters is 4. The molecule has 0 aromatic heterocycles. The molecule has 2 N–H and O–H groups in total. The van der Waals surface area contributed by atoms with E-state index < -0.39 is 11.9 Å². The number of hydrogen-bond acceptors (Lipinski definition) is 10. The maximum Gasteiger partial charge on any atom is 0.309 e. The number of carboxylic acids is 2. The second-order valence-electron chi connectivity index (χ2n) is 14.9. The molecule has 5 aliphatic carbocycles. The van der Waals surface area contributed by atoms with Gasteiger partial charge in [0.1, 0.15) is 24.4 Å². The Kier molecular flexibility index (Phi) is 12.8. The first kappa shape index (κ1) is 36.1. The van der Waals surface area contributed by atoms with E-state index in [0.717, 1.165) is 0 Å². The summed E-state index contributed by atoms with van der Waals surface area (Å²) in [4.78, 5) is 73.4. The SMILES string of the molecule is O=C(O)C1CCC(C(=O)OC2CCC(OC(=O)C3CCC(C(=O)OC4CCC(OC(=O)C5CCC(C(=O)O)CC5)CC4)CC3)CC2)CC1. The molecule has 0 unspecified atom stereocenters. The number of carboxylic acid groups (broad SMARTS) is 2. The van der Waals surface area contributed by atoms with Crippen molar-refractivity contribution >= 4 is 35.8 Å². The number of carbonyl (C=O) groups is 6. The van der Waals surface area contributed by atoms with Gasteiger partial charge in [0, 0.05) is 0 Å². The molecule has 12 nitrogen and oxygen atoms in total. The van der Waals surface area contributed by atoms with Gasteiger partial charge in [-0.1, -0.05) is 0 Å². The predicted molar refractivity (Wildman–Crippen MR) is 168 cm³/mol. The van der Waals surface area contributed by atoms with E-state index >= 15 is 0 Å². The number of rotatable bonds is 10. The second kappa shape index (κ2) is 17.0. The Morgan fingerprint density at radius 2 is 0.458 bits per heavy atom. The fourth-order valence-electron chi connectivity index (χ4n) is 8.29. The minimum absolute atomic E-state index is 0.201. The van der Waals surface area contributed by atoms with Gasteiger partial charge in [0.05, 0.1) is 35.5 Å². The average molecular weight is 677 g/mol. The Morgan fingerprint density at radius 3 is 0.625 bits per heavy atom. The highest BCUT2D eigenvalue weighted by Crippen LogP contribution is 2.36. The van der Waals surface area contributed by atoms with Gasteiger partial charge < -0.3 is 29.2 Å². The maximum atomic E-state index is 12.9. The summed E-state index contributed by atoms with van der Waals surface area (Å²) < 4.78 is 23.1. The average Bonchev–Trinajstić information content (AvgIpc) is 3.10. The van der Waals surface area contributed by atoms with Crippen LogP contribution in [0.5, 0.6) is 0 Å². The highest BCUT2D eigenvalue weighted by atomic mass is 16.6. The third kappa shape index (κ3) is 9.94. The largest absolute Gasteiger partial charge is 0.481 e. The van der Waals surface area contributed by atoms with Crippen molar-refractivity contribution in [2.45, 2.75) is 153 Å². The molecule has 0 amide bonds. The molecule has 12 heteroatoms. The van der Waals surface area contributed by atoms with Crippen LogP contribution in [0.3, 0.4) is 0 Å². The highest BCUT2D eigenvalue weighted by molar-refractivity contribution is 5.76. The third-order valence-electron chi connectivity index (χ3n) is 11.6. The molecule has 0 aliphatic heterocycles. The molecule has 0 bridgehead atoms. The van der Waals surface area contributed by atoms with E-state index in [4.69, 9.17) is 29.2 Å². The Balaban J connectivity index is 0.922. The molecule has 0 radical (unpaired) electrons. The summed E-state index contributed by atoms with van der Waals surface area (Å²) in [5, 5.41) is 18.3. The Bertz CT molecular complexity index is 1050. The van der Waals surface area contributed by atoms with Gasteiger partial charge in [0.2, 0.25) is 0 Å². The van der Waals surface area contributed by atoms with Gasteiger partial charge in [-0.15, -0.1) is 0 Å². The lowest BCUT2D eigenvalue weighted by Crippen LogP contribution is -2.36. The summed E-state index contributed by atoms with van der Waals surface area (Å²) in [5.74, 6) is -4.21. The zero-order valence-corrected chi connectivity index (χ0v) is 27.9. The van der Waals surface area contributed by atoms with Gasteiger partial charge in [-0.3, -0.25) is 28.8 Å². The number of carbonyl (C=O) groups excluding carboxylic acids is 4. The van der Waals surface area contributed by atoms with Crippen molar-refractivity contribution in [2.24, 2.45) is 35.5 Å². The number of ether oxygens (including phenoxy) is 4. The van der Waals surface area contributed by atoms with Crippen LogP contribution in [0.25, 0.3) is 0 Å². The van der Waals surface area contributed by atoms with Crippen LogP contribution in [0.15, 0.2) is 0 Å². The van der Waals surface area contributed by atoms with Gasteiger partial charge in [0.15, 0.2) is 0 Å². The molecule has 0 saturated heterocycles. The fourth-order valence-corrected chi connectivity index (χ4v) is 8.29. The van der Waals surface area contributed by atoms with Gasteiger partial charge in [0.25, 0.3) is 0 Å². The van der Waals surface area contributed by atoms with Gasteiger partial charge in [-0.2, -0.15) is 0 Å². The monoisotopic (exact) mass is 676 g/mol. The van der Waals surface area contributed by atoms with Crippen LogP contribution in [-0.2, 0) is 47.7 Å². The predicted octanol–water partition coefficient (Wildman–Crippen LogP) is 5.37. The van der Waals surface area contributed by atoms with Crippen molar-refractivity contribution in [3.05, 3.63) is 0 Å². The summed E-state index contributed by atoms with van der Waals surface area (Å²) in [7, 11) is 0. The quantitative estimate of drug-likeness (QED) is 0.223. The molecule has 0 atom stereocenters. The molecule has 5 rings (SSSR count). The Hall–Kier alpha value is -3.18. The lowest BCUT2D eigenvalue weighted by Gasteiger charge is -2.33. The first-order valence-electron chi connectivity index (χ1n) is 18.3. The summed E-state index contributed by atoms with van der Waals surface area (Å²) in [5.41, 5.74) is 0. The van der Waals surface area contributed by atoms with E-state index in [1.54, 1.807) is 0 Å². The van der Waals surface area contributed by atoms with Crippen LogP contribution in [0, 0.1) is 35.5 Å². The van der Waals surface area contributed by atoms with Crippen molar-refractivity contribution in [1.29, 1.82) is 0 Å². The van der Waals surface area contributed by atoms with Crippen LogP contribution in [-0.4, -0.2) is 70.4 Å². The molecule has 0 heterocycles. The number of hydrogen-bond donors (Lipinski definition) is 2. The molecule has 5 saturated carbocycles. The van der Waals surface area contributed by atoms with Crippen molar-refractivity contribution in [2.75, 3.05) is 0 Å². The van der Waals surface area contributed by atoms with E-state index in [0.29, 0.717) is 128 Å². The lowest BCUT2D eigenvalue weighted by molar-refractivity contribution is -0.167. The normalized spacial score (nSPS) is 35.8. The first-order chi connectivity index (χ1) is 23.0. The summed E-state index contributed by atoms with van der Waals surface area (Å²) in [6, 6.07) is 0. The van der Waals surface area contributed by atoms with E-state index in [9.17, 15) is 28.8 Å². The molecule has 0 aromatic rings. The van der Waals surface area contributed by atoms with Crippen molar-refractivity contribution in [3.63, 3.8) is 0 Å². The highest BCUT2D eigenvalue weighted by Gasteiger charge is 2.37. The standard InChI is InChI=1S/C36H52O12/c37-31(38)21-1-5-23(6-2-21)33(41)45-27-13-17-29(18-14-27)47-35(43)25-9-11-26(12-10-25)36(44)48-30-19-15-28(16-20-30)46-34(42)24-7-3-22(4-8-24)32(39)40/h21-30H,1-20H2,(H,37,38)(H,39,40). The third-order valence-corrected chi connectivity index (χ3v) is 11.6. The zero-order chi connectivity index (χ0) is 34.2. The van der Waals surface area contributed by atoms with Crippen molar-refractivity contribution in [1.82, 2.24) is 0 Å². The van der Waals surface area contributed by atoms with E-state index in [1.165, 1.54) is 0 Å². The summed E-state index contributed by atoms with van der Waals surface area (Å²) in [6.07, 6.45) is 10.7. The topological polar surface area (TPSA) is 180 Å². The molecule has 0 aromatic carbocycles. The van der Waals surface area contributed by atoms with Crippen molar-refractivity contribution < 1.29 is 57.9 Å². The zero-order valence-electron chi connectivity index (χ0n) is 27.9. The molecule has 48 heavy (non-hydrogen) atoms. The minimum Gasteiger partial charge on any atom is -0.481 e. The smallest absolute Gasteiger partial charge is 0.309 e. The first-order valence-corrected chi connectivity index (χ1v) is 18.3. The fraction of sp³-hybridized carbons (Fsp3) is 0.833. The summed E-state index contributed by atoms with van der Waals surface area (Å²) >= 11 is 0. The van der Waals surface area contributed by atoms with Crippen LogP contribution >= 0.6 is 0 Å². The van der Waals surface area contributed by atoms with E-state index in [-0.39, 0.29) is 83.8 Å². The molecule has 5 aliphatic rings. The van der Waals surface area contributed by atoms with E-state index in [2.05, 4.69) is 0 Å². The molecular formula is C36H52O12. The second-order valence-corrected chi connectivity index (χ2v) is 14.9. The Morgan fingerprint density at radius 1 is 0.292 bits per heavy atom. The van der Waals surface area contributed by atoms with Crippen molar-refractivity contribution in [3.8, 4) is 0 Å².